The van der Waals surface area contributed by atoms with E-state index in [-0.39, 0.29) is 5.97 Å². The van der Waals surface area contributed by atoms with E-state index in [4.69, 9.17) is 4.74 Å². The van der Waals surface area contributed by atoms with E-state index in [1.165, 1.54) is 60.0 Å². The van der Waals surface area contributed by atoms with Gasteiger partial charge in [-0.25, -0.2) is 0 Å². The summed E-state index contributed by atoms with van der Waals surface area (Å²) in [7, 11) is -1.80. The van der Waals surface area contributed by atoms with Crippen LogP contribution in [-0.2, 0) is 22.4 Å². The van der Waals surface area contributed by atoms with Crippen molar-refractivity contribution < 1.29 is 9.53 Å². The summed E-state index contributed by atoms with van der Waals surface area (Å²) in [5.41, 5.74) is 5.95. The monoisotopic (exact) mass is 492 g/mol. The minimum absolute atomic E-state index is 0.0594. The van der Waals surface area contributed by atoms with E-state index in [1.807, 2.05) is 6.92 Å². The van der Waals surface area contributed by atoms with Crippen molar-refractivity contribution in [3.63, 3.8) is 0 Å². The predicted octanol–water partition coefficient (Wildman–Crippen LogP) is 5.16. The standard InChI is InChI=1S/C30H44N2O2Si/c1-5-7-18-31-20-16-24-12-14-26(22-28(24)31)35(3,4)27-15-13-25-17-21-32(29(25)23-27)19-10-8-9-11-30(33)34-6-2/h12-15,22-23H,5-11,16-21H2,1-4H3. The largest absolute Gasteiger partial charge is 0.466 e. The average molecular weight is 493 g/mol. The number of ether oxygens (including phenoxy) is 1. The molecule has 4 nitrogen and oxygen atoms in total. The Balaban J connectivity index is 1.43. The Morgan fingerprint density at radius 3 is 1.94 bits per heavy atom. The maximum absolute atomic E-state index is 11.6. The number of esters is 1. The van der Waals surface area contributed by atoms with E-state index in [9.17, 15) is 4.79 Å². The fourth-order valence-electron chi connectivity index (χ4n) is 5.63. The van der Waals surface area contributed by atoms with Gasteiger partial charge in [-0.1, -0.05) is 67.5 Å². The molecule has 0 spiro atoms. The van der Waals surface area contributed by atoms with Gasteiger partial charge in [0.15, 0.2) is 0 Å². The quantitative estimate of drug-likeness (QED) is 0.233. The van der Waals surface area contributed by atoms with Crippen LogP contribution < -0.4 is 20.2 Å². The highest BCUT2D eigenvalue weighted by Gasteiger charge is 2.30. The third kappa shape index (κ3) is 5.94. The van der Waals surface area contributed by atoms with Crippen LogP contribution in [0.15, 0.2) is 36.4 Å². The topological polar surface area (TPSA) is 32.8 Å². The van der Waals surface area contributed by atoms with Gasteiger partial charge in [0.25, 0.3) is 0 Å². The summed E-state index contributed by atoms with van der Waals surface area (Å²) >= 11 is 0. The van der Waals surface area contributed by atoms with E-state index in [0.717, 1.165) is 38.8 Å². The Bertz CT molecular complexity index is 1020. The molecule has 2 aliphatic rings. The van der Waals surface area contributed by atoms with Crippen molar-refractivity contribution in [2.45, 2.75) is 78.3 Å². The molecule has 2 aromatic carbocycles. The molecule has 5 heteroatoms. The molecule has 0 atom stereocenters. The lowest BCUT2D eigenvalue weighted by atomic mass is 10.1. The highest BCUT2D eigenvalue weighted by atomic mass is 28.3. The summed E-state index contributed by atoms with van der Waals surface area (Å²) in [6.07, 6.45) is 8.53. The van der Waals surface area contributed by atoms with Gasteiger partial charge in [-0.15, -0.1) is 0 Å². The van der Waals surface area contributed by atoms with E-state index in [0.29, 0.717) is 13.0 Å². The fourth-order valence-corrected chi connectivity index (χ4v) is 7.96. The molecular formula is C30H44N2O2Si. The molecule has 0 N–H and O–H groups in total. The van der Waals surface area contributed by atoms with Crippen LogP contribution in [0.4, 0.5) is 11.4 Å². The molecule has 0 aliphatic carbocycles. The number of nitrogens with zero attached hydrogens (tertiary/aromatic N) is 2. The zero-order chi connectivity index (χ0) is 24.8. The normalized spacial score (nSPS) is 14.9. The molecule has 2 aromatic rings. The summed E-state index contributed by atoms with van der Waals surface area (Å²) in [5.74, 6) is -0.0594. The second-order valence-electron chi connectivity index (χ2n) is 10.8. The van der Waals surface area contributed by atoms with Crippen LogP contribution >= 0.6 is 0 Å². The SMILES string of the molecule is CCCCN1CCc2ccc([Si](C)(C)c3ccc4c(c3)N(CCCCCC(=O)OCC)CC4)cc21. The lowest BCUT2D eigenvalue weighted by Crippen LogP contribution is -2.53. The molecule has 0 amide bonds. The van der Waals surface area contributed by atoms with Gasteiger partial charge in [0.2, 0.25) is 0 Å². The maximum atomic E-state index is 11.6. The molecule has 190 valence electrons. The van der Waals surface area contributed by atoms with Crippen molar-refractivity contribution >= 4 is 35.8 Å². The summed E-state index contributed by atoms with van der Waals surface area (Å²) < 4.78 is 5.05. The Kier molecular flexibility index (Phi) is 8.58. The van der Waals surface area contributed by atoms with Crippen LogP contribution in [0.1, 0.15) is 63.5 Å². The smallest absolute Gasteiger partial charge is 0.305 e. The number of hydrogen-bond acceptors (Lipinski definition) is 4. The van der Waals surface area contributed by atoms with Gasteiger partial charge in [-0.2, -0.15) is 0 Å². The number of benzene rings is 2. The third-order valence-corrected chi connectivity index (χ3v) is 11.5. The molecule has 0 radical (unpaired) electrons. The highest BCUT2D eigenvalue weighted by molar-refractivity contribution is 7.00. The Hall–Kier alpha value is -2.27. The number of carbonyl (C=O) groups is 1. The molecular weight excluding hydrogens is 448 g/mol. The summed E-state index contributed by atoms with van der Waals surface area (Å²) in [5, 5.41) is 3.08. The van der Waals surface area contributed by atoms with E-state index < -0.39 is 8.07 Å². The second kappa shape index (κ2) is 11.6. The van der Waals surface area contributed by atoms with Crippen molar-refractivity contribution in [1.29, 1.82) is 0 Å². The molecule has 0 saturated carbocycles. The number of hydrogen-bond donors (Lipinski definition) is 0. The van der Waals surface area contributed by atoms with Crippen molar-refractivity contribution in [3.8, 4) is 0 Å². The number of anilines is 2. The van der Waals surface area contributed by atoms with Crippen molar-refractivity contribution in [2.24, 2.45) is 0 Å². The molecule has 0 saturated heterocycles. The van der Waals surface area contributed by atoms with E-state index >= 15 is 0 Å². The van der Waals surface area contributed by atoms with Crippen molar-refractivity contribution in [1.82, 2.24) is 0 Å². The Labute approximate surface area is 213 Å². The predicted molar refractivity (Wildman–Crippen MR) is 151 cm³/mol. The molecule has 4 rings (SSSR count). The Morgan fingerprint density at radius 1 is 0.829 bits per heavy atom. The van der Waals surface area contributed by atoms with Gasteiger partial charge in [0.1, 0.15) is 8.07 Å². The van der Waals surface area contributed by atoms with Gasteiger partial charge >= 0.3 is 5.97 Å². The first-order valence-electron chi connectivity index (χ1n) is 13.9. The summed E-state index contributed by atoms with van der Waals surface area (Å²) in [4.78, 5) is 16.8. The Morgan fingerprint density at radius 2 is 1.40 bits per heavy atom. The van der Waals surface area contributed by atoms with Gasteiger partial charge < -0.3 is 14.5 Å². The highest BCUT2D eigenvalue weighted by Crippen LogP contribution is 2.30. The first-order chi connectivity index (χ1) is 16.9. The van der Waals surface area contributed by atoms with Crippen LogP contribution in [0, 0.1) is 0 Å². The van der Waals surface area contributed by atoms with Crippen LogP contribution in [0.25, 0.3) is 0 Å². The molecule has 0 fully saturated rings. The number of fused-ring (bicyclic) bond motifs is 2. The van der Waals surface area contributed by atoms with Crippen LogP contribution in [0.3, 0.4) is 0 Å². The van der Waals surface area contributed by atoms with Gasteiger partial charge in [0.05, 0.1) is 6.61 Å². The second-order valence-corrected chi connectivity index (χ2v) is 15.2. The molecule has 0 bridgehead atoms. The molecule has 2 heterocycles. The van der Waals surface area contributed by atoms with Crippen LogP contribution in [0.5, 0.6) is 0 Å². The molecule has 2 aliphatic heterocycles. The number of carbonyl (C=O) groups excluding carboxylic acids is 1. The minimum atomic E-state index is -1.80. The zero-order valence-corrected chi connectivity index (χ0v) is 23.4. The first kappa shape index (κ1) is 25.8. The summed E-state index contributed by atoms with van der Waals surface area (Å²) in [6, 6.07) is 14.7. The molecule has 0 unspecified atom stereocenters. The van der Waals surface area contributed by atoms with Gasteiger partial charge in [0, 0.05) is 44.0 Å². The van der Waals surface area contributed by atoms with E-state index in [1.54, 1.807) is 5.19 Å². The molecule has 0 aromatic heterocycles. The van der Waals surface area contributed by atoms with Crippen molar-refractivity contribution in [3.05, 3.63) is 47.5 Å². The lowest BCUT2D eigenvalue weighted by Gasteiger charge is -2.28. The van der Waals surface area contributed by atoms with Crippen LogP contribution in [-0.4, -0.2) is 46.8 Å². The van der Waals surface area contributed by atoms with Crippen LogP contribution in [0.2, 0.25) is 13.1 Å². The van der Waals surface area contributed by atoms with Gasteiger partial charge in [-0.3, -0.25) is 4.79 Å². The number of rotatable bonds is 12. The first-order valence-corrected chi connectivity index (χ1v) is 16.9. The third-order valence-electron chi connectivity index (χ3n) is 7.99. The lowest BCUT2D eigenvalue weighted by molar-refractivity contribution is -0.143. The fraction of sp³-hybridized carbons (Fsp3) is 0.567. The minimum Gasteiger partial charge on any atom is -0.466 e. The maximum Gasteiger partial charge on any atom is 0.305 e. The summed E-state index contributed by atoms with van der Waals surface area (Å²) in [6.45, 7) is 14.2. The van der Waals surface area contributed by atoms with Crippen molar-refractivity contribution in [2.75, 3.05) is 42.6 Å². The zero-order valence-electron chi connectivity index (χ0n) is 22.4. The average Bonchev–Trinajstić information content (AvgIpc) is 3.45. The van der Waals surface area contributed by atoms with Gasteiger partial charge in [-0.05, 0) is 62.3 Å². The number of unbranched alkanes of at least 4 members (excludes halogenated alkanes) is 3. The van der Waals surface area contributed by atoms with E-state index in [2.05, 4.69) is 66.2 Å². The molecule has 35 heavy (non-hydrogen) atoms.